The van der Waals surface area contributed by atoms with Crippen molar-refractivity contribution in [1.29, 1.82) is 0 Å². The van der Waals surface area contributed by atoms with Crippen molar-refractivity contribution >= 4 is 28.9 Å². The van der Waals surface area contributed by atoms with Gasteiger partial charge in [-0.05, 0) is 30.7 Å². The van der Waals surface area contributed by atoms with Crippen LogP contribution >= 0.6 is 11.6 Å². The lowest BCUT2D eigenvalue weighted by Crippen LogP contribution is -2.20. The van der Waals surface area contributed by atoms with Crippen LogP contribution in [0.4, 0.5) is 11.4 Å². The minimum atomic E-state index is -0.251. The van der Waals surface area contributed by atoms with Crippen LogP contribution in [0.15, 0.2) is 42.5 Å². The number of para-hydroxylation sites is 1. The molecule has 20 heavy (non-hydrogen) atoms. The standard InChI is InChI=1S/C15H15ClN2O2/c1-10-4-2-3-5-13(10)18-15(19)9-20-14-8-11(16)6-7-12(14)17/h2-8H,9,17H2,1H3,(H,18,19). The molecule has 0 heterocycles. The van der Waals surface area contributed by atoms with E-state index in [4.69, 9.17) is 22.1 Å². The van der Waals surface area contributed by atoms with Crippen LogP contribution in [0.25, 0.3) is 0 Å². The van der Waals surface area contributed by atoms with Crippen molar-refractivity contribution in [3.63, 3.8) is 0 Å². The summed E-state index contributed by atoms with van der Waals surface area (Å²) in [5.41, 5.74) is 7.93. The highest BCUT2D eigenvalue weighted by molar-refractivity contribution is 6.30. The van der Waals surface area contributed by atoms with Gasteiger partial charge < -0.3 is 15.8 Å². The molecular formula is C15H15ClN2O2. The predicted molar refractivity (Wildman–Crippen MR) is 81.2 cm³/mol. The van der Waals surface area contributed by atoms with Gasteiger partial charge in [-0.3, -0.25) is 4.79 Å². The van der Waals surface area contributed by atoms with Gasteiger partial charge in [-0.15, -0.1) is 0 Å². The van der Waals surface area contributed by atoms with E-state index in [-0.39, 0.29) is 12.5 Å². The van der Waals surface area contributed by atoms with Crippen molar-refractivity contribution in [2.24, 2.45) is 0 Å². The first-order chi connectivity index (χ1) is 9.56. The van der Waals surface area contributed by atoms with Crippen molar-refractivity contribution in [1.82, 2.24) is 0 Å². The third-order valence-corrected chi connectivity index (χ3v) is 2.99. The maximum Gasteiger partial charge on any atom is 0.262 e. The zero-order valence-electron chi connectivity index (χ0n) is 11.0. The number of ether oxygens (including phenoxy) is 1. The fourth-order valence-corrected chi connectivity index (χ4v) is 1.84. The molecule has 104 valence electrons. The molecule has 0 aromatic heterocycles. The summed E-state index contributed by atoms with van der Waals surface area (Å²) in [7, 11) is 0. The van der Waals surface area contributed by atoms with E-state index in [1.165, 1.54) is 0 Å². The lowest BCUT2D eigenvalue weighted by Gasteiger charge is -2.11. The minimum absolute atomic E-state index is 0.126. The Balaban J connectivity index is 1.96. The van der Waals surface area contributed by atoms with Crippen molar-refractivity contribution in [2.45, 2.75) is 6.92 Å². The topological polar surface area (TPSA) is 64.3 Å². The number of halogens is 1. The number of carbonyl (C=O) groups is 1. The molecule has 3 N–H and O–H groups in total. The van der Waals surface area contributed by atoms with Crippen LogP contribution in [0.5, 0.6) is 5.75 Å². The quantitative estimate of drug-likeness (QED) is 0.850. The van der Waals surface area contributed by atoms with Gasteiger partial charge in [0.1, 0.15) is 5.75 Å². The van der Waals surface area contributed by atoms with E-state index in [2.05, 4.69) is 5.32 Å². The van der Waals surface area contributed by atoms with Crippen molar-refractivity contribution < 1.29 is 9.53 Å². The van der Waals surface area contributed by atoms with Crippen LogP contribution in [-0.4, -0.2) is 12.5 Å². The molecule has 4 nitrogen and oxygen atoms in total. The monoisotopic (exact) mass is 290 g/mol. The zero-order valence-corrected chi connectivity index (χ0v) is 11.8. The predicted octanol–water partition coefficient (Wildman–Crippen LogP) is 3.25. The first-order valence-electron chi connectivity index (χ1n) is 6.09. The molecular weight excluding hydrogens is 276 g/mol. The van der Waals surface area contributed by atoms with E-state index in [1.807, 2.05) is 31.2 Å². The van der Waals surface area contributed by atoms with E-state index < -0.39 is 0 Å². The largest absolute Gasteiger partial charge is 0.482 e. The number of rotatable bonds is 4. The van der Waals surface area contributed by atoms with E-state index in [0.29, 0.717) is 16.5 Å². The number of nitrogens with one attached hydrogen (secondary N) is 1. The molecule has 5 heteroatoms. The van der Waals surface area contributed by atoms with Gasteiger partial charge in [-0.1, -0.05) is 29.8 Å². The second-order valence-electron chi connectivity index (χ2n) is 4.33. The Morgan fingerprint density at radius 3 is 2.80 bits per heavy atom. The van der Waals surface area contributed by atoms with Crippen LogP contribution in [-0.2, 0) is 4.79 Å². The molecule has 2 aromatic rings. The van der Waals surface area contributed by atoms with Crippen LogP contribution in [0.2, 0.25) is 5.02 Å². The van der Waals surface area contributed by atoms with Crippen molar-refractivity contribution in [3.05, 3.63) is 53.1 Å². The van der Waals surface area contributed by atoms with E-state index in [1.54, 1.807) is 18.2 Å². The molecule has 0 saturated heterocycles. The summed E-state index contributed by atoms with van der Waals surface area (Å²) in [6.07, 6.45) is 0. The Hall–Kier alpha value is -2.20. The van der Waals surface area contributed by atoms with Crippen LogP contribution < -0.4 is 15.8 Å². The summed E-state index contributed by atoms with van der Waals surface area (Å²) in [6.45, 7) is 1.80. The fourth-order valence-electron chi connectivity index (χ4n) is 1.68. The molecule has 0 aliphatic rings. The fraction of sp³-hybridized carbons (Fsp3) is 0.133. The summed E-state index contributed by atoms with van der Waals surface area (Å²) < 4.78 is 5.37. The van der Waals surface area contributed by atoms with Crippen molar-refractivity contribution in [3.8, 4) is 5.75 Å². The average Bonchev–Trinajstić information content (AvgIpc) is 2.42. The number of benzene rings is 2. The number of hydrogen-bond donors (Lipinski definition) is 2. The average molecular weight is 291 g/mol. The molecule has 0 spiro atoms. The SMILES string of the molecule is Cc1ccccc1NC(=O)COc1cc(Cl)ccc1N. The number of nitrogens with two attached hydrogens (primary N) is 1. The molecule has 1 amide bonds. The maximum absolute atomic E-state index is 11.8. The summed E-state index contributed by atoms with van der Waals surface area (Å²) in [4.78, 5) is 11.8. The Kier molecular flexibility index (Phi) is 4.48. The minimum Gasteiger partial charge on any atom is -0.482 e. The smallest absolute Gasteiger partial charge is 0.262 e. The number of hydrogen-bond acceptors (Lipinski definition) is 3. The molecule has 2 aromatic carbocycles. The highest BCUT2D eigenvalue weighted by Crippen LogP contribution is 2.25. The molecule has 0 saturated carbocycles. The normalized spacial score (nSPS) is 10.1. The molecule has 0 unspecified atom stereocenters. The van der Waals surface area contributed by atoms with Crippen LogP contribution in [0, 0.1) is 6.92 Å². The Morgan fingerprint density at radius 2 is 2.05 bits per heavy atom. The van der Waals surface area contributed by atoms with Gasteiger partial charge >= 0.3 is 0 Å². The summed E-state index contributed by atoms with van der Waals surface area (Å²) in [5, 5.41) is 3.28. The molecule has 0 aliphatic heterocycles. The first kappa shape index (κ1) is 14.2. The number of anilines is 2. The first-order valence-corrected chi connectivity index (χ1v) is 6.47. The van der Waals surface area contributed by atoms with Crippen molar-refractivity contribution in [2.75, 3.05) is 17.7 Å². The molecule has 0 radical (unpaired) electrons. The number of amides is 1. The van der Waals surface area contributed by atoms with Gasteiger partial charge in [0.05, 0.1) is 5.69 Å². The van der Waals surface area contributed by atoms with Crippen LogP contribution in [0.3, 0.4) is 0 Å². The van der Waals surface area contributed by atoms with Crippen LogP contribution in [0.1, 0.15) is 5.56 Å². The van der Waals surface area contributed by atoms with E-state index >= 15 is 0 Å². The second-order valence-corrected chi connectivity index (χ2v) is 4.77. The van der Waals surface area contributed by atoms with Gasteiger partial charge in [0, 0.05) is 16.8 Å². The third-order valence-electron chi connectivity index (χ3n) is 2.75. The Bertz CT molecular complexity index is 629. The van der Waals surface area contributed by atoms with Gasteiger partial charge in [0.15, 0.2) is 6.61 Å². The highest BCUT2D eigenvalue weighted by atomic mass is 35.5. The Morgan fingerprint density at radius 1 is 1.30 bits per heavy atom. The van der Waals surface area contributed by atoms with Gasteiger partial charge in [0.2, 0.25) is 0 Å². The Labute approximate surface area is 122 Å². The zero-order chi connectivity index (χ0) is 14.5. The lowest BCUT2D eigenvalue weighted by molar-refractivity contribution is -0.118. The maximum atomic E-state index is 11.8. The van der Waals surface area contributed by atoms with E-state index in [0.717, 1.165) is 11.3 Å². The highest BCUT2D eigenvalue weighted by Gasteiger charge is 2.07. The van der Waals surface area contributed by atoms with Gasteiger partial charge in [-0.25, -0.2) is 0 Å². The lowest BCUT2D eigenvalue weighted by atomic mass is 10.2. The van der Waals surface area contributed by atoms with Gasteiger partial charge in [0.25, 0.3) is 5.91 Å². The molecule has 2 rings (SSSR count). The summed E-state index contributed by atoms with van der Waals surface area (Å²) in [6, 6.07) is 12.4. The number of aryl methyl sites for hydroxylation is 1. The molecule has 0 atom stereocenters. The molecule has 0 bridgehead atoms. The second kappa shape index (κ2) is 6.30. The van der Waals surface area contributed by atoms with E-state index in [9.17, 15) is 4.79 Å². The summed E-state index contributed by atoms with van der Waals surface area (Å²) >= 11 is 5.85. The molecule has 0 fully saturated rings. The third kappa shape index (κ3) is 3.65. The summed E-state index contributed by atoms with van der Waals surface area (Å²) in [5.74, 6) is 0.149. The number of nitrogen functional groups attached to an aromatic ring is 1. The molecule has 0 aliphatic carbocycles. The van der Waals surface area contributed by atoms with Gasteiger partial charge in [-0.2, -0.15) is 0 Å². The number of carbonyl (C=O) groups excluding carboxylic acids is 1.